The van der Waals surface area contributed by atoms with Crippen LogP contribution in [0.1, 0.15) is 30.9 Å². The SMILES string of the molecule is C=Cc1c([C@H]2[C@H](C(N)=O)O[C@@](C)(C(F)(F)F)[C@H]2C)ccc(F)c1F. The zero-order valence-electron chi connectivity index (χ0n) is 13.0. The zero-order chi connectivity index (χ0) is 18.4. The van der Waals surface area contributed by atoms with E-state index in [1.807, 2.05) is 0 Å². The van der Waals surface area contributed by atoms with Gasteiger partial charge in [0.05, 0.1) is 0 Å². The van der Waals surface area contributed by atoms with Gasteiger partial charge < -0.3 is 10.5 Å². The Hall–Kier alpha value is -1.96. The molecule has 0 spiro atoms. The van der Waals surface area contributed by atoms with E-state index in [2.05, 4.69) is 6.58 Å². The van der Waals surface area contributed by atoms with Crippen LogP contribution in [0.15, 0.2) is 18.7 Å². The van der Waals surface area contributed by atoms with Gasteiger partial charge in [-0.3, -0.25) is 4.79 Å². The molecule has 1 heterocycles. The topological polar surface area (TPSA) is 52.3 Å². The molecule has 0 aliphatic carbocycles. The standard InChI is InChI=1S/C16H16F5NO2/c1-4-8-9(5-6-10(17)12(8)18)11-7(2)15(3,16(19,20)21)24-13(11)14(22)23/h4-7,11,13H,1H2,2-3H3,(H2,22,23)/t7-,11-,13+,15+/m0/s1. The highest BCUT2D eigenvalue weighted by Gasteiger charge is 2.65. The van der Waals surface area contributed by atoms with Gasteiger partial charge >= 0.3 is 6.18 Å². The van der Waals surface area contributed by atoms with Crippen LogP contribution in [0, 0.1) is 17.6 Å². The number of hydrogen-bond acceptors (Lipinski definition) is 2. The molecule has 0 unspecified atom stereocenters. The van der Waals surface area contributed by atoms with Crippen molar-refractivity contribution in [2.24, 2.45) is 11.7 Å². The van der Waals surface area contributed by atoms with E-state index < -0.39 is 47.3 Å². The molecule has 0 radical (unpaired) electrons. The van der Waals surface area contributed by atoms with Gasteiger partial charge in [-0.1, -0.05) is 25.6 Å². The number of carbonyl (C=O) groups excluding carboxylic acids is 1. The summed E-state index contributed by atoms with van der Waals surface area (Å²) in [6.45, 7) is 5.40. The monoisotopic (exact) mass is 349 g/mol. The highest BCUT2D eigenvalue weighted by atomic mass is 19.4. The van der Waals surface area contributed by atoms with Gasteiger partial charge in [-0.2, -0.15) is 13.2 Å². The maximum Gasteiger partial charge on any atom is 0.417 e. The van der Waals surface area contributed by atoms with Gasteiger partial charge in [-0.05, 0) is 18.6 Å². The lowest BCUT2D eigenvalue weighted by molar-refractivity contribution is -0.272. The summed E-state index contributed by atoms with van der Waals surface area (Å²) in [4.78, 5) is 11.6. The van der Waals surface area contributed by atoms with E-state index in [1.54, 1.807) is 0 Å². The summed E-state index contributed by atoms with van der Waals surface area (Å²) in [7, 11) is 0. The summed E-state index contributed by atoms with van der Waals surface area (Å²) < 4.78 is 72.6. The molecule has 1 aromatic rings. The lowest BCUT2D eigenvalue weighted by Gasteiger charge is -2.32. The van der Waals surface area contributed by atoms with Crippen LogP contribution in [0.2, 0.25) is 0 Å². The van der Waals surface area contributed by atoms with Gasteiger partial charge in [0.25, 0.3) is 0 Å². The predicted molar refractivity (Wildman–Crippen MR) is 76.9 cm³/mol. The first-order chi connectivity index (χ1) is 11.0. The second-order valence-corrected chi connectivity index (χ2v) is 5.93. The number of halogens is 5. The van der Waals surface area contributed by atoms with Crippen LogP contribution in [0.4, 0.5) is 22.0 Å². The number of benzene rings is 1. The van der Waals surface area contributed by atoms with E-state index in [1.165, 1.54) is 6.92 Å². The maximum absolute atomic E-state index is 14.0. The van der Waals surface area contributed by atoms with Gasteiger partial charge in [0.15, 0.2) is 17.2 Å². The van der Waals surface area contributed by atoms with Crippen molar-refractivity contribution in [1.29, 1.82) is 0 Å². The molecule has 1 fully saturated rings. The molecular formula is C16H16F5NO2. The third kappa shape index (κ3) is 2.58. The molecule has 1 aliphatic heterocycles. The molecule has 2 rings (SSSR count). The Bertz CT molecular complexity index is 688. The Morgan fingerprint density at radius 1 is 1.38 bits per heavy atom. The summed E-state index contributed by atoms with van der Waals surface area (Å²) >= 11 is 0. The number of alkyl halides is 3. The molecule has 132 valence electrons. The van der Waals surface area contributed by atoms with Crippen LogP contribution >= 0.6 is 0 Å². The molecule has 8 heteroatoms. The van der Waals surface area contributed by atoms with Crippen molar-refractivity contribution >= 4 is 12.0 Å². The van der Waals surface area contributed by atoms with Gasteiger partial charge in [0.2, 0.25) is 5.91 Å². The summed E-state index contributed by atoms with van der Waals surface area (Å²) in [5, 5.41) is 0. The molecule has 0 saturated carbocycles. The number of hydrogen-bond donors (Lipinski definition) is 1. The van der Waals surface area contributed by atoms with Crippen molar-refractivity contribution in [3.63, 3.8) is 0 Å². The Balaban J connectivity index is 2.66. The first-order valence-electron chi connectivity index (χ1n) is 7.10. The molecule has 1 amide bonds. The van der Waals surface area contributed by atoms with Gasteiger partial charge in [-0.25, -0.2) is 8.78 Å². The Morgan fingerprint density at radius 3 is 2.42 bits per heavy atom. The third-order valence-electron chi connectivity index (χ3n) is 4.68. The number of carbonyl (C=O) groups is 1. The van der Waals surface area contributed by atoms with Crippen LogP contribution in [0.5, 0.6) is 0 Å². The van der Waals surface area contributed by atoms with Crippen molar-refractivity contribution in [3.05, 3.63) is 41.5 Å². The molecule has 0 bridgehead atoms. The first-order valence-corrected chi connectivity index (χ1v) is 7.10. The zero-order valence-corrected chi connectivity index (χ0v) is 13.0. The molecule has 0 aromatic heterocycles. The average molecular weight is 349 g/mol. The summed E-state index contributed by atoms with van der Waals surface area (Å²) in [5.41, 5.74) is 2.22. The quantitative estimate of drug-likeness (QED) is 0.849. The van der Waals surface area contributed by atoms with E-state index in [4.69, 9.17) is 10.5 Å². The van der Waals surface area contributed by atoms with Gasteiger partial charge in [-0.15, -0.1) is 0 Å². The lowest BCUT2D eigenvalue weighted by Crippen LogP contribution is -2.47. The van der Waals surface area contributed by atoms with Gasteiger partial charge in [0.1, 0.15) is 6.10 Å². The molecule has 1 aliphatic rings. The maximum atomic E-state index is 14.0. The lowest BCUT2D eigenvalue weighted by atomic mass is 9.76. The van der Waals surface area contributed by atoms with Gasteiger partial charge in [0, 0.05) is 17.4 Å². The average Bonchev–Trinajstić information content (AvgIpc) is 2.75. The van der Waals surface area contributed by atoms with Crippen LogP contribution in [-0.4, -0.2) is 23.8 Å². The smallest absolute Gasteiger partial charge is 0.367 e. The molecule has 1 aromatic carbocycles. The molecule has 4 atom stereocenters. The molecule has 1 saturated heterocycles. The van der Waals surface area contributed by atoms with E-state index >= 15 is 0 Å². The summed E-state index contributed by atoms with van der Waals surface area (Å²) in [6, 6.07) is 1.91. The number of primary amides is 1. The minimum absolute atomic E-state index is 0.00632. The largest absolute Gasteiger partial charge is 0.417 e. The Morgan fingerprint density at radius 2 is 1.96 bits per heavy atom. The van der Waals surface area contributed by atoms with Crippen LogP contribution in [0.25, 0.3) is 6.08 Å². The Labute approximate surface area is 135 Å². The predicted octanol–water partition coefficient (Wildman–Crippen LogP) is 3.53. The highest BCUT2D eigenvalue weighted by molar-refractivity contribution is 5.81. The molecule has 3 nitrogen and oxygen atoms in total. The molecule has 2 N–H and O–H groups in total. The van der Waals surface area contributed by atoms with E-state index in [-0.39, 0.29) is 11.1 Å². The first kappa shape index (κ1) is 18.4. The number of nitrogens with two attached hydrogens (primary N) is 1. The molecular weight excluding hydrogens is 333 g/mol. The minimum atomic E-state index is -4.78. The van der Waals surface area contributed by atoms with Crippen LogP contribution in [-0.2, 0) is 9.53 Å². The van der Waals surface area contributed by atoms with Crippen molar-refractivity contribution in [3.8, 4) is 0 Å². The van der Waals surface area contributed by atoms with Crippen molar-refractivity contribution in [2.45, 2.75) is 37.6 Å². The minimum Gasteiger partial charge on any atom is -0.367 e. The summed E-state index contributed by atoms with van der Waals surface area (Å²) in [6.07, 6.45) is -5.42. The second-order valence-electron chi connectivity index (χ2n) is 5.93. The van der Waals surface area contributed by atoms with E-state index in [9.17, 15) is 26.7 Å². The number of ether oxygens (including phenoxy) is 1. The number of amides is 1. The number of rotatable bonds is 3. The van der Waals surface area contributed by atoms with Crippen molar-refractivity contribution in [2.75, 3.05) is 0 Å². The fraction of sp³-hybridized carbons (Fsp3) is 0.438. The van der Waals surface area contributed by atoms with Crippen LogP contribution < -0.4 is 5.73 Å². The fourth-order valence-corrected chi connectivity index (χ4v) is 3.12. The van der Waals surface area contributed by atoms with Crippen molar-refractivity contribution < 1.29 is 31.5 Å². The fourth-order valence-electron chi connectivity index (χ4n) is 3.12. The Kier molecular flexibility index (Phi) is 4.47. The van der Waals surface area contributed by atoms with E-state index in [0.29, 0.717) is 0 Å². The molecule has 24 heavy (non-hydrogen) atoms. The van der Waals surface area contributed by atoms with Crippen molar-refractivity contribution in [1.82, 2.24) is 0 Å². The third-order valence-corrected chi connectivity index (χ3v) is 4.68. The summed E-state index contributed by atoms with van der Waals surface area (Å²) in [5.74, 6) is -6.00. The normalized spacial score (nSPS) is 30.4. The van der Waals surface area contributed by atoms with Crippen LogP contribution in [0.3, 0.4) is 0 Å². The van der Waals surface area contributed by atoms with E-state index in [0.717, 1.165) is 25.1 Å². The highest BCUT2D eigenvalue weighted by Crippen LogP contribution is 2.53. The second kappa shape index (κ2) is 5.84.